The van der Waals surface area contributed by atoms with Gasteiger partial charge in [0.2, 0.25) is 5.52 Å². The average Bonchev–Trinajstić information content (AvgIpc) is 3.56. The van der Waals surface area contributed by atoms with E-state index in [1.54, 1.807) is 23.1 Å². The van der Waals surface area contributed by atoms with E-state index < -0.39 is 10.1 Å². The smallest absolute Gasteiger partial charge is 0.265 e. The SMILES string of the molecule is COc1ccc(C2=C/C(=C\c3sc4ccccc4[n+]3CCCS(=O)(=O)O)c3ccccc3N2C)cc1-c1ccn(C)n1. The minimum Gasteiger partial charge on any atom is -0.496 e. The van der Waals surface area contributed by atoms with Crippen molar-refractivity contribution in [1.82, 2.24) is 9.78 Å². The molecule has 0 amide bonds. The third kappa shape index (κ3) is 5.48. The van der Waals surface area contributed by atoms with E-state index in [0.717, 1.165) is 60.3 Å². The molecule has 0 radical (unpaired) electrons. The molecule has 1 aliphatic heterocycles. The summed E-state index contributed by atoms with van der Waals surface area (Å²) in [5.74, 6) is 0.470. The first-order chi connectivity index (χ1) is 20.2. The molecular weight excluding hydrogens is 569 g/mol. The van der Waals surface area contributed by atoms with E-state index in [-0.39, 0.29) is 5.75 Å². The monoisotopic (exact) mass is 599 g/mol. The third-order valence-electron chi connectivity index (χ3n) is 7.41. The first-order valence-corrected chi connectivity index (χ1v) is 16.0. The molecule has 5 aromatic rings. The van der Waals surface area contributed by atoms with Gasteiger partial charge in [-0.15, -0.1) is 0 Å². The summed E-state index contributed by atoms with van der Waals surface area (Å²) in [6.45, 7) is 0.465. The molecule has 3 heterocycles. The molecule has 6 rings (SSSR count). The number of rotatable bonds is 8. The number of methoxy groups -OCH3 is 1. The van der Waals surface area contributed by atoms with Crippen molar-refractivity contribution in [2.75, 3.05) is 24.8 Å². The number of aryl methyl sites for hydroxylation is 2. The number of allylic oxidation sites excluding steroid dienone is 2. The van der Waals surface area contributed by atoms with Crippen molar-refractivity contribution in [3.63, 3.8) is 0 Å². The Labute approximate surface area is 249 Å². The quantitative estimate of drug-likeness (QED) is 0.176. The number of aromatic nitrogens is 3. The highest BCUT2D eigenvalue weighted by Crippen LogP contribution is 2.41. The minimum atomic E-state index is -4.04. The molecule has 1 aliphatic rings. The number of hydrogen-bond acceptors (Lipinski definition) is 6. The van der Waals surface area contributed by atoms with Crippen molar-refractivity contribution in [1.29, 1.82) is 0 Å². The fraction of sp³-hybridized carbons (Fsp3) is 0.188. The van der Waals surface area contributed by atoms with Crippen LogP contribution in [0, 0.1) is 0 Å². The lowest BCUT2D eigenvalue weighted by Gasteiger charge is -2.30. The first-order valence-electron chi connectivity index (χ1n) is 13.5. The van der Waals surface area contributed by atoms with Crippen LogP contribution in [0.25, 0.3) is 38.8 Å². The van der Waals surface area contributed by atoms with Crippen molar-refractivity contribution < 1.29 is 22.3 Å². The van der Waals surface area contributed by atoms with Crippen LogP contribution in [0.15, 0.2) is 85.1 Å². The van der Waals surface area contributed by atoms with Gasteiger partial charge in [-0.05, 0) is 53.6 Å². The predicted octanol–water partition coefficient (Wildman–Crippen LogP) is 5.91. The molecule has 214 valence electrons. The van der Waals surface area contributed by atoms with Crippen LogP contribution in [0.4, 0.5) is 5.69 Å². The molecule has 0 spiro atoms. The van der Waals surface area contributed by atoms with Gasteiger partial charge in [0, 0.05) is 61.4 Å². The van der Waals surface area contributed by atoms with Crippen molar-refractivity contribution in [2.24, 2.45) is 7.05 Å². The van der Waals surface area contributed by atoms with E-state index in [2.05, 4.69) is 64.1 Å². The Hall–Kier alpha value is -4.25. The number of hydrogen-bond donors (Lipinski definition) is 1. The molecule has 42 heavy (non-hydrogen) atoms. The van der Waals surface area contributed by atoms with Gasteiger partial charge in [-0.1, -0.05) is 41.7 Å². The molecule has 0 bridgehead atoms. The van der Waals surface area contributed by atoms with E-state index >= 15 is 0 Å². The maximum absolute atomic E-state index is 11.4. The van der Waals surface area contributed by atoms with Crippen molar-refractivity contribution in [3.8, 4) is 17.0 Å². The van der Waals surface area contributed by atoms with Crippen LogP contribution in [0.5, 0.6) is 5.75 Å². The van der Waals surface area contributed by atoms with Crippen LogP contribution in [-0.4, -0.2) is 42.7 Å². The molecule has 2 aromatic heterocycles. The van der Waals surface area contributed by atoms with E-state index in [4.69, 9.17) is 4.74 Å². The van der Waals surface area contributed by atoms with Crippen LogP contribution < -0.4 is 14.2 Å². The first kappa shape index (κ1) is 27.9. The van der Waals surface area contributed by atoms with Gasteiger partial charge >= 0.3 is 0 Å². The van der Waals surface area contributed by atoms with Gasteiger partial charge in [0.1, 0.15) is 10.4 Å². The number of para-hydroxylation sites is 2. The Morgan fingerprint density at radius 1 is 1.02 bits per heavy atom. The summed E-state index contributed by atoms with van der Waals surface area (Å²) >= 11 is 1.66. The summed E-state index contributed by atoms with van der Waals surface area (Å²) in [7, 11) is 1.60. The van der Waals surface area contributed by atoms with Crippen molar-refractivity contribution in [2.45, 2.75) is 13.0 Å². The maximum atomic E-state index is 11.4. The Balaban J connectivity index is 1.49. The number of thiazole rings is 1. The molecule has 8 nitrogen and oxygen atoms in total. The Kier molecular flexibility index (Phi) is 7.44. The predicted molar refractivity (Wildman–Crippen MR) is 169 cm³/mol. The van der Waals surface area contributed by atoms with Crippen LogP contribution in [0.3, 0.4) is 0 Å². The third-order valence-corrected chi connectivity index (χ3v) is 9.33. The summed E-state index contributed by atoms with van der Waals surface area (Å²) in [5, 5.41) is 5.61. The lowest BCUT2D eigenvalue weighted by molar-refractivity contribution is -0.668. The number of ether oxygens (including phenoxy) is 1. The van der Waals surface area contributed by atoms with Gasteiger partial charge in [0.05, 0.1) is 18.6 Å². The fourth-order valence-electron chi connectivity index (χ4n) is 5.41. The van der Waals surface area contributed by atoms with Gasteiger partial charge in [-0.2, -0.15) is 18.1 Å². The van der Waals surface area contributed by atoms with Crippen molar-refractivity contribution >= 4 is 54.7 Å². The molecule has 0 aliphatic carbocycles. The number of benzene rings is 3. The van der Waals surface area contributed by atoms with Gasteiger partial charge in [-0.25, -0.2) is 0 Å². The average molecular weight is 600 g/mol. The summed E-state index contributed by atoms with van der Waals surface area (Å²) in [4.78, 5) is 2.20. The van der Waals surface area contributed by atoms with Crippen LogP contribution >= 0.6 is 11.3 Å². The van der Waals surface area contributed by atoms with Gasteiger partial charge in [0.25, 0.3) is 15.1 Å². The van der Waals surface area contributed by atoms with E-state index in [9.17, 15) is 13.0 Å². The Morgan fingerprint density at radius 3 is 2.57 bits per heavy atom. The highest BCUT2D eigenvalue weighted by Gasteiger charge is 2.25. The lowest BCUT2D eigenvalue weighted by Crippen LogP contribution is -2.36. The number of nitrogens with zero attached hydrogens (tertiary/aromatic N) is 4. The summed E-state index contributed by atoms with van der Waals surface area (Å²) in [6.07, 6.45) is 6.59. The highest BCUT2D eigenvalue weighted by molar-refractivity contribution is 7.85. The topological polar surface area (TPSA) is 88.5 Å². The molecule has 0 unspecified atom stereocenters. The van der Waals surface area contributed by atoms with Gasteiger partial charge in [0.15, 0.2) is 6.54 Å². The lowest BCUT2D eigenvalue weighted by atomic mass is 9.94. The van der Waals surface area contributed by atoms with Gasteiger partial charge < -0.3 is 9.64 Å². The molecule has 3 aromatic carbocycles. The zero-order valence-corrected chi connectivity index (χ0v) is 25.2. The molecule has 0 fully saturated rings. The van der Waals surface area contributed by atoms with E-state index in [0.29, 0.717) is 13.0 Å². The zero-order valence-electron chi connectivity index (χ0n) is 23.6. The largest absolute Gasteiger partial charge is 0.496 e. The van der Waals surface area contributed by atoms with Crippen LogP contribution in [0.2, 0.25) is 0 Å². The van der Waals surface area contributed by atoms with Crippen molar-refractivity contribution in [3.05, 3.63) is 101 Å². The molecular formula is C32H31N4O4S2+. The van der Waals surface area contributed by atoms with Crippen LogP contribution in [0.1, 0.15) is 22.6 Å². The molecule has 1 N–H and O–H groups in total. The van der Waals surface area contributed by atoms with Gasteiger partial charge in [-0.3, -0.25) is 9.23 Å². The summed E-state index contributed by atoms with van der Waals surface area (Å²) in [6, 6.07) is 24.5. The fourth-order valence-corrected chi connectivity index (χ4v) is 7.05. The molecule has 0 saturated heterocycles. The second-order valence-electron chi connectivity index (χ2n) is 10.2. The maximum Gasteiger partial charge on any atom is 0.265 e. The van der Waals surface area contributed by atoms with E-state index in [1.165, 1.54) is 0 Å². The summed E-state index contributed by atoms with van der Waals surface area (Å²) < 4.78 is 42.9. The molecule has 0 atom stereocenters. The summed E-state index contributed by atoms with van der Waals surface area (Å²) in [5.41, 5.74) is 8.06. The standard InChI is InChI=1S/C32H30N4O4S2/c1-34-17-15-26(33-34)25-19-22(13-14-30(25)40-3)29-20-23(24-9-4-5-10-27(24)35(29)2)21-32-36(16-8-18-42(37,38)39)28-11-6-7-12-31(28)41-32/h4-7,9-15,17,19-21H,8,16,18H2,1-3H3/p+1. The second-order valence-corrected chi connectivity index (χ2v) is 12.8. The Morgan fingerprint density at radius 2 is 1.81 bits per heavy atom. The second kappa shape index (κ2) is 11.2. The highest BCUT2D eigenvalue weighted by atomic mass is 32.2. The zero-order chi connectivity index (χ0) is 29.4. The minimum absolute atomic E-state index is 0.284. The Bertz CT molecular complexity index is 1970. The molecule has 0 saturated carbocycles. The number of fused-ring (bicyclic) bond motifs is 2. The molecule has 10 heteroatoms. The van der Waals surface area contributed by atoms with E-state index in [1.807, 2.05) is 55.7 Å². The number of anilines is 1. The van der Waals surface area contributed by atoms with Crippen LogP contribution in [-0.2, 0) is 23.7 Å². The normalized spacial score (nSPS) is 14.3.